The maximum absolute atomic E-state index is 8.83. The predicted molar refractivity (Wildman–Crippen MR) is 35.7 cm³/mol. The van der Waals surface area contributed by atoms with Gasteiger partial charge < -0.3 is 5.11 Å². The van der Waals surface area contributed by atoms with E-state index in [1.165, 1.54) is 0 Å². The highest BCUT2D eigenvalue weighted by atomic mass is 16.3. The van der Waals surface area contributed by atoms with E-state index in [-0.39, 0.29) is 12.0 Å². The molecule has 0 spiro atoms. The average Bonchev–Trinajstić information content (AvgIpc) is 1.82. The van der Waals surface area contributed by atoms with Crippen LogP contribution in [0.5, 0.6) is 0 Å². The Balaban J connectivity index is 3.47. The van der Waals surface area contributed by atoms with E-state index in [2.05, 4.69) is 6.07 Å². The van der Waals surface area contributed by atoms with Crippen molar-refractivity contribution in [3.63, 3.8) is 0 Å². The third-order valence-corrected chi connectivity index (χ3v) is 1.30. The summed E-state index contributed by atoms with van der Waals surface area (Å²) in [5, 5.41) is 17.2. The number of aliphatic hydroxyl groups is 1. The van der Waals surface area contributed by atoms with Crippen molar-refractivity contribution in [2.45, 2.75) is 32.8 Å². The summed E-state index contributed by atoms with van der Waals surface area (Å²) >= 11 is 0. The summed E-state index contributed by atoms with van der Waals surface area (Å²) < 4.78 is 0. The summed E-state index contributed by atoms with van der Waals surface area (Å²) in [4.78, 5) is 0. The first kappa shape index (κ1) is 8.45. The van der Waals surface area contributed by atoms with Crippen LogP contribution in [-0.2, 0) is 0 Å². The van der Waals surface area contributed by atoms with Gasteiger partial charge in [0.15, 0.2) is 0 Å². The molecular weight excluding hydrogens is 114 g/mol. The number of aliphatic hydroxyl groups excluding tert-OH is 1. The molecule has 0 rings (SSSR count). The number of rotatable bonds is 3. The summed E-state index contributed by atoms with van der Waals surface area (Å²) in [7, 11) is 0. The first-order chi connectivity index (χ1) is 4.20. The Morgan fingerprint density at radius 2 is 2.22 bits per heavy atom. The molecule has 0 fully saturated rings. The van der Waals surface area contributed by atoms with Crippen LogP contribution >= 0.6 is 0 Å². The van der Waals surface area contributed by atoms with Gasteiger partial charge in [-0.15, -0.1) is 0 Å². The molecule has 0 aliphatic rings. The molecule has 0 heterocycles. The van der Waals surface area contributed by atoms with Gasteiger partial charge in [-0.2, -0.15) is 5.26 Å². The number of hydrogen-bond acceptors (Lipinski definition) is 2. The molecule has 0 saturated carbocycles. The minimum absolute atomic E-state index is 0.0324. The SMILES string of the molecule is CCC(C#N)CC(C)O. The van der Waals surface area contributed by atoms with Crippen molar-refractivity contribution in [3.05, 3.63) is 0 Å². The predicted octanol–water partition coefficient (Wildman–Crippen LogP) is 1.31. The van der Waals surface area contributed by atoms with Crippen LogP contribution < -0.4 is 0 Å². The molecule has 1 N–H and O–H groups in total. The molecule has 2 nitrogen and oxygen atoms in total. The minimum Gasteiger partial charge on any atom is -0.393 e. The zero-order chi connectivity index (χ0) is 7.28. The van der Waals surface area contributed by atoms with Gasteiger partial charge in [0.25, 0.3) is 0 Å². The normalized spacial score (nSPS) is 16.2. The Morgan fingerprint density at radius 3 is 2.33 bits per heavy atom. The second kappa shape index (κ2) is 4.34. The molecule has 0 radical (unpaired) electrons. The molecule has 0 saturated heterocycles. The molecule has 9 heavy (non-hydrogen) atoms. The van der Waals surface area contributed by atoms with E-state index in [1.54, 1.807) is 6.92 Å². The van der Waals surface area contributed by atoms with Crippen LogP contribution in [0.3, 0.4) is 0 Å². The van der Waals surface area contributed by atoms with E-state index in [1.807, 2.05) is 6.92 Å². The Bertz CT molecular complexity index is 104. The van der Waals surface area contributed by atoms with E-state index >= 15 is 0 Å². The summed E-state index contributed by atoms with van der Waals surface area (Å²) in [6.45, 7) is 3.66. The van der Waals surface area contributed by atoms with Gasteiger partial charge in [0, 0.05) is 5.92 Å². The fourth-order valence-corrected chi connectivity index (χ4v) is 0.722. The smallest absolute Gasteiger partial charge is 0.0656 e. The lowest BCUT2D eigenvalue weighted by molar-refractivity contribution is 0.170. The van der Waals surface area contributed by atoms with E-state index in [9.17, 15) is 0 Å². The molecule has 0 amide bonds. The molecule has 0 aliphatic heterocycles. The first-order valence-corrected chi connectivity index (χ1v) is 3.28. The van der Waals surface area contributed by atoms with Gasteiger partial charge in [-0.05, 0) is 19.8 Å². The highest BCUT2D eigenvalue weighted by Crippen LogP contribution is 2.08. The van der Waals surface area contributed by atoms with Crippen molar-refractivity contribution in [3.8, 4) is 6.07 Å². The van der Waals surface area contributed by atoms with Crippen molar-refractivity contribution in [1.29, 1.82) is 5.26 Å². The monoisotopic (exact) mass is 127 g/mol. The van der Waals surface area contributed by atoms with Crippen molar-refractivity contribution in [1.82, 2.24) is 0 Å². The van der Waals surface area contributed by atoms with Crippen molar-refractivity contribution in [2.75, 3.05) is 0 Å². The zero-order valence-corrected chi connectivity index (χ0v) is 5.96. The summed E-state index contributed by atoms with van der Waals surface area (Å²) in [5.74, 6) is 0.0324. The van der Waals surface area contributed by atoms with Crippen molar-refractivity contribution < 1.29 is 5.11 Å². The molecule has 52 valence electrons. The number of nitrogens with zero attached hydrogens (tertiary/aromatic N) is 1. The molecule has 0 bridgehead atoms. The fourth-order valence-electron chi connectivity index (χ4n) is 0.722. The van der Waals surface area contributed by atoms with E-state index in [4.69, 9.17) is 10.4 Å². The first-order valence-electron chi connectivity index (χ1n) is 3.28. The quantitative estimate of drug-likeness (QED) is 0.621. The zero-order valence-electron chi connectivity index (χ0n) is 5.96. The topological polar surface area (TPSA) is 44.0 Å². The van der Waals surface area contributed by atoms with Crippen LogP contribution in [0, 0.1) is 17.2 Å². The number of nitriles is 1. The van der Waals surface area contributed by atoms with Gasteiger partial charge in [0.1, 0.15) is 0 Å². The molecule has 0 aromatic heterocycles. The standard InChI is InChI=1S/C7H13NO/c1-3-7(5-8)4-6(2)9/h6-7,9H,3-4H2,1-2H3. The lowest BCUT2D eigenvalue weighted by Crippen LogP contribution is -2.06. The molecule has 2 heteroatoms. The molecule has 0 aliphatic carbocycles. The summed E-state index contributed by atoms with van der Waals surface area (Å²) in [5.41, 5.74) is 0. The van der Waals surface area contributed by atoms with Gasteiger partial charge in [-0.3, -0.25) is 0 Å². The van der Waals surface area contributed by atoms with Crippen LogP contribution in [0.25, 0.3) is 0 Å². The molecule has 2 atom stereocenters. The van der Waals surface area contributed by atoms with Gasteiger partial charge in [-0.1, -0.05) is 6.92 Å². The Kier molecular flexibility index (Phi) is 4.08. The van der Waals surface area contributed by atoms with Gasteiger partial charge in [0.2, 0.25) is 0 Å². The Morgan fingerprint density at radius 1 is 1.67 bits per heavy atom. The molecule has 0 aromatic carbocycles. The second-order valence-corrected chi connectivity index (χ2v) is 2.32. The Labute approximate surface area is 56.1 Å². The maximum atomic E-state index is 8.83. The number of hydrogen-bond donors (Lipinski definition) is 1. The average molecular weight is 127 g/mol. The summed E-state index contributed by atoms with van der Waals surface area (Å²) in [6.07, 6.45) is 1.10. The van der Waals surface area contributed by atoms with Crippen LogP contribution in [-0.4, -0.2) is 11.2 Å². The second-order valence-electron chi connectivity index (χ2n) is 2.32. The lowest BCUT2D eigenvalue weighted by atomic mass is 10.0. The highest BCUT2D eigenvalue weighted by molar-refractivity contribution is 4.82. The van der Waals surface area contributed by atoms with Crippen molar-refractivity contribution >= 4 is 0 Å². The van der Waals surface area contributed by atoms with Crippen LogP contribution in [0.1, 0.15) is 26.7 Å². The Hall–Kier alpha value is -0.550. The highest BCUT2D eigenvalue weighted by Gasteiger charge is 2.06. The molecule has 0 aromatic rings. The fraction of sp³-hybridized carbons (Fsp3) is 0.857. The van der Waals surface area contributed by atoms with E-state index < -0.39 is 0 Å². The third-order valence-electron chi connectivity index (χ3n) is 1.30. The van der Waals surface area contributed by atoms with Crippen LogP contribution in [0.15, 0.2) is 0 Å². The van der Waals surface area contributed by atoms with Gasteiger partial charge in [-0.25, -0.2) is 0 Å². The van der Waals surface area contributed by atoms with Crippen molar-refractivity contribution in [2.24, 2.45) is 5.92 Å². The largest absolute Gasteiger partial charge is 0.393 e. The van der Waals surface area contributed by atoms with Gasteiger partial charge in [0.05, 0.1) is 12.2 Å². The van der Waals surface area contributed by atoms with E-state index in [0.717, 1.165) is 6.42 Å². The molecular formula is C7H13NO. The van der Waals surface area contributed by atoms with Gasteiger partial charge >= 0.3 is 0 Å². The third kappa shape index (κ3) is 3.99. The summed E-state index contributed by atoms with van der Waals surface area (Å²) in [6, 6.07) is 2.12. The van der Waals surface area contributed by atoms with E-state index in [0.29, 0.717) is 6.42 Å². The maximum Gasteiger partial charge on any atom is 0.0656 e. The van der Waals surface area contributed by atoms with Crippen LogP contribution in [0.4, 0.5) is 0 Å². The lowest BCUT2D eigenvalue weighted by Gasteiger charge is -2.06. The molecule has 2 unspecified atom stereocenters. The van der Waals surface area contributed by atoms with Crippen LogP contribution in [0.2, 0.25) is 0 Å². The minimum atomic E-state index is -0.338.